The first-order chi connectivity index (χ1) is 10.5. The average Bonchev–Trinajstić information content (AvgIpc) is 2.50. The molecule has 1 aromatic carbocycles. The summed E-state index contributed by atoms with van der Waals surface area (Å²) in [5.74, 6) is 1.61. The Balaban J connectivity index is 2.58. The van der Waals surface area contributed by atoms with Crippen LogP contribution in [-0.4, -0.2) is 34.0 Å². The van der Waals surface area contributed by atoms with Crippen molar-refractivity contribution in [2.24, 2.45) is 0 Å². The van der Waals surface area contributed by atoms with Gasteiger partial charge in [0.05, 0.1) is 30.0 Å². The highest BCUT2D eigenvalue weighted by molar-refractivity contribution is 7.94. The summed E-state index contributed by atoms with van der Waals surface area (Å²) < 4.78 is 9.65. The van der Waals surface area contributed by atoms with Crippen LogP contribution in [0.5, 0.6) is 0 Å². The van der Waals surface area contributed by atoms with E-state index in [9.17, 15) is 20.1 Å². The number of nitrogens with zero attached hydrogens (tertiary/aromatic N) is 2. The van der Waals surface area contributed by atoms with Gasteiger partial charge in [0.2, 0.25) is 0 Å². The molecule has 22 heavy (non-hydrogen) atoms. The van der Waals surface area contributed by atoms with E-state index in [1.807, 2.05) is 0 Å². The minimum atomic E-state index is -1.04. The molecule has 0 spiro atoms. The van der Waals surface area contributed by atoms with Crippen LogP contribution in [0.2, 0.25) is 0 Å². The number of nitro benzene ring substituents is 1. The van der Waals surface area contributed by atoms with E-state index in [0.29, 0.717) is 22.2 Å². The number of hydrogen-bond acceptors (Lipinski definition) is 8. The molecular weight excluding hydrogens is 312 g/mol. The first-order valence-corrected chi connectivity index (χ1v) is 6.91. The summed E-state index contributed by atoms with van der Waals surface area (Å²) in [6, 6.07) is 4.59. The van der Waals surface area contributed by atoms with Crippen molar-refractivity contribution in [2.75, 3.05) is 6.61 Å². The fraction of sp³-hybridized carbons (Fsp3) is 0.308. The molecule has 0 saturated carbocycles. The van der Waals surface area contributed by atoms with E-state index in [2.05, 4.69) is 5.92 Å². The number of esters is 1. The number of hydroxylamine groups is 2. The van der Waals surface area contributed by atoms with Crippen LogP contribution in [0.1, 0.15) is 13.3 Å². The molecule has 0 aliphatic carbocycles. The van der Waals surface area contributed by atoms with Gasteiger partial charge in [-0.3, -0.25) is 20.1 Å². The first kappa shape index (κ1) is 17.9. The van der Waals surface area contributed by atoms with Crippen LogP contribution in [0.4, 0.5) is 5.69 Å². The normalized spacial score (nSPS) is 11.7. The molecule has 9 heteroatoms. The van der Waals surface area contributed by atoms with Crippen molar-refractivity contribution in [1.29, 1.82) is 0 Å². The number of carbonyl (C=O) groups excluding carboxylic acids is 1. The molecule has 0 radical (unpaired) electrons. The molecule has 0 fully saturated rings. The van der Waals surface area contributed by atoms with Gasteiger partial charge in [-0.2, -0.15) is 4.28 Å². The van der Waals surface area contributed by atoms with Crippen molar-refractivity contribution >= 4 is 23.7 Å². The predicted octanol–water partition coefficient (Wildman–Crippen LogP) is 2.18. The van der Waals surface area contributed by atoms with E-state index in [0.717, 1.165) is 0 Å². The Morgan fingerprint density at radius 3 is 2.95 bits per heavy atom. The minimum Gasteiger partial charge on any atom is -0.466 e. The van der Waals surface area contributed by atoms with Gasteiger partial charge in [-0.15, -0.1) is 6.42 Å². The van der Waals surface area contributed by atoms with Gasteiger partial charge in [-0.1, -0.05) is 12.0 Å². The third-order valence-corrected chi connectivity index (χ3v) is 3.04. The maximum Gasteiger partial charge on any atom is 0.308 e. The second kappa shape index (κ2) is 9.01. The Hall–Kier alpha value is -2.12. The quantitative estimate of drug-likeness (QED) is 0.255. The van der Waals surface area contributed by atoms with Gasteiger partial charge in [0, 0.05) is 17.0 Å². The lowest BCUT2D eigenvalue weighted by molar-refractivity contribution is -0.385. The van der Waals surface area contributed by atoms with E-state index in [1.165, 1.54) is 18.2 Å². The first-order valence-electron chi connectivity index (χ1n) is 6.16. The van der Waals surface area contributed by atoms with Crippen molar-refractivity contribution in [3.63, 3.8) is 0 Å². The lowest BCUT2D eigenvalue weighted by atomic mass is 10.2. The van der Waals surface area contributed by atoms with Gasteiger partial charge in [0.25, 0.3) is 5.69 Å². The van der Waals surface area contributed by atoms with Crippen molar-refractivity contribution in [3.8, 4) is 12.3 Å². The van der Waals surface area contributed by atoms with Gasteiger partial charge in [-0.05, 0) is 18.2 Å². The minimum absolute atomic E-state index is 0.113. The standard InChI is InChI=1S/C13H14N2O6S/c1-3-10(9-13(16)20-4-2)15(19)21-22-12-7-5-6-11(8-12)14(17)18/h1,5-8,10,19H,4,9H2,2H3/t10-/m1/s1. The third kappa shape index (κ3) is 5.71. The van der Waals surface area contributed by atoms with E-state index < -0.39 is 16.9 Å². The topological polar surface area (TPSA) is 102 Å². The number of hydrogen-bond donors (Lipinski definition) is 1. The van der Waals surface area contributed by atoms with E-state index in [4.69, 9.17) is 15.4 Å². The summed E-state index contributed by atoms with van der Waals surface area (Å²) in [5.41, 5.74) is -0.113. The van der Waals surface area contributed by atoms with Crippen LogP contribution < -0.4 is 0 Å². The van der Waals surface area contributed by atoms with E-state index >= 15 is 0 Å². The Bertz CT molecular complexity index is 574. The fourth-order valence-corrected chi connectivity index (χ4v) is 1.93. The lowest BCUT2D eigenvalue weighted by Gasteiger charge is -2.18. The monoisotopic (exact) mass is 326 g/mol. The number of rotatable bonds is 8. The highest BCUT2D eigenvalue weighted by Crippen LogP contribution is 2.25. The molecule has 0 aromatic heterocycles. The molecule has 1 rings (SSSR count). The molecule has 0 bridgehead atoms. The van der Waals surface area contributed by atoms with Crippen LogP contribution in [-0.2, 0) is 13.8 Å². The van der Waals surface area contributed by atoms with Gasteiger partial charge in [-0.25, -0.2) is 0 Å². The molecule has 0 unspecified atom stereocenters. The molecule has 1 N–H and O–H groups in total. The number of terminal acetylenes is 1. The summed E-state index contributed by atoms with van der Waals surface area (Å²) in [4.78, 5) is 21.8. The average molecular weight is 326 g/mol. The van der Waals surface area contributed by atoms with Crippen LogP contribution in [0.3, 0.4) is 0 Å². The summed E-state index contributed by atoms with van der Waals surface area (Å²) in [6.45, 7) is 1.85. The zero-order valence-electron chi connectivity index (χ0n) is 11.7. The second-order valence-corrected chi connectivity index (χ2v) is 4.69. The zero-order valence-corrected chi connectivity index (χ0v) is 12.5. The molecule has 118 valence electrons. The third-order valence-electron chi connectivity index (χ3n) is 2.36. The molecule has 0 saturated heterocycles. The molecule has 0 amide bonds. The SMILES string of the molecule is C#C[C@H](CC(=O)OCC)N(O)OSc1cccc([N+](=O)[O-])c1. The molecule has 1 aromatic rings. The fourth-order valence-electron chi connectivity index (χ4n) is 1.36. The highest BCUT2D eigenvalue weighted by atomic mass is 32.2. The van der Waals surface area contributed by atoms with Crippen LogP contribution in [0.15, 0.2) is 29.2 Å². The van der Waals surface area contributed by atoms with Gasteiger partial charge in [0.1, 0.15) is 6.04 Å². The molecule has 0 heterocycles. The van der Waals surface area contributed by atoms with Crippen LogP contribution in [0, 0.1) is 22.5 Å². The number of carbonyl (C=O) groups is 1. The predicted molar refractivity (Wildman–Crippen MR) is 77.5 cm³/mol. The zero-order chi connectivity index (χ0) is 16.5. The Kier molecular flexibility index (Phi) is 7.34. The Morgan fingerprint density at radius 1 is 1.64 bits per heavy atom. The van der Waals surface area contributed by atoms with Crippen molar-refractivity contribution in [1.82, 2.24) is 5.23 Å². The lowest BCUT2D eigenvalue weighted by Crippen LogP contribution is -2.32. The van der Waals surface area contributed by atoms with Crippen LogP contribution in [0.25, 0.3) is 0 Å². The van der Waals surface area contributed by atoms with E-state index in [-0.39, 0.29) is 18.7 Å². The van der Waals surface area contributed by atoms with Gasteiger partial charge >= 0.3 is 5.97 Å². The number of non-ortho nitro benzene ring substituents is 1. The van der Waals surface area contributed by atoms with Crippen molar-refractivity contribution in [3.05, 3.63) is 34.4 Å². The summed E-state index contributed by atoms with van der Waals surface area (Å²) in [5, 5.41) is 20.7. The largest absolute Gasteiger partial charge is 0.466 e. The maximum absolute atomic E-state index is 11.3. The molecule has 8 nitrogen and oxygen atoms in total. The number of benzene rings is 1. The number of nitro groups is 1. The summed E-state index contributed by atoms with van der Waals surface area (Å²) >= 11 is 0.668. The van der Waals surface area contributed by atoms with Crippen LogP contribution >= 0.6 is 12.0 Å². The Morgan fingerprint density at radius 2 is 2.36 bits per heavy atom. The second-order valence-electron chi connectivity index (χ2n) is 3.91. The highest BCUT2D eigenvalue weighted by Gasteiger charge is 2.21. The summed E-state index contributed by atoms with van der Waals surface area (Å²) in [7, 11) is 0. The molecule has 0 aliphatic heterocycles. The van der Waals surface area contributed by atoms with Crippen molar-refractivity contribution < 1.29 is 23.9 Å². The van der Waals surface area contributed by atoms with Crippen molar-refractivity contribution in [2.45, 2.75) is 24.3 Å². The van der Waals surface area contributed by atoms with E-state index in [1.54, 1.807) is 13.0 Å². The number of ether oxygens (including phenoxy) is 1. The molecule has 0 aliphatic rings. The summed E-state index contributed by atoms with van der Waals surface area (Å²) in [6.07, 6.45) is 4.96. The molecular formula is C13H14N2O6S. The molecule has 1 atom stereocenters. The Labute approximate surface area is 131 Å². The smallest absolute Gasteiger partial charge is 0.308 e. The van der Waals surface area contributed by atoms with Gasteiger partial charge < -0.3 is 4.74 Å². The van der Waals surface area contributed by atoms with Gasteiger partial charge in [0.15, 0.2) is 0 Å². The maximum atomic E-state index is 11.3.